The van der Waals surface area contributed by atoms with Crippen LogP contribution in [0, 0.1) is 13.8 Å². The van der Waals surface area contributed by atoms with Crippen LogP contribution in [0.2, 0.25) is 0 Å². The fourth-order valence-electron chi connectivity index (χ4n) is 3.77. The van der Waals surface area contributed by atoms with E-state index in [1.165, 1.54) is 5.56 Å². The lowest BCUT2D eigenvalue weighted by atomic mass is 10.1. The summed E-state index contributed by atoms with van der Waals surface area (Å²) in [5.41, 5.74) is 6.82. The van der Waals surface area contributed by atoms with Gasteiger partial charge in [0.1, 0.15) is 0 Å². The molecule has 0 radical (unpaired) electrons. The molecule has 7 heteroatoms. The summed E-state index contributed by atoms with van der Waals surface area (Å²) >= 11 is 0. The summed E-state index contributed by atoms with van der Waals surface area (Å²) in [6, 6.07) is 16.1. The Balaban J connectivity index is 1.31. The highest BCUT2D eigenvalue weighted by Gasteiger charge is 2.12. The van der Waals surface area contributed by atoms with E-state index in [2.05, 4.69) is 61.7 Å². The molecule has 3 heterocycles. The Morgan fingerprint density at radius 3 is 2.66 bits per heavy atom. The number of amides is 1. The molecular weight excluding hydrogens is 400 g/mol. The molecule has 158 valence electrons. The summed E-state index contributed by atoms with van der Waals surface area (Å²) in [4.78, 5) is 25.8. The van der Waals surface area contributed by atoms with Crippen LogP contribution in [0.15, 0.2) is 60.9 Å². The van der Waals surface area contributed by atoms with Gasteiger partial charge in [0.05, 0.1) is 23.3 Å². The Morgan fingerprint density at radius 1 is 0.969 bits per heavy atom. The van der Waals surface area contributed by atoms with Gasteiger partial charge in [-0.05, 0) is 55.8 Å². The lowest BCUT2D eigenvalue weighted by Crippen LogP contribution is -2.25. The summed E-state index contributed by atoms with van der Waals surface area (Å²) in [5.74, 6) is -0.179. The second-order valence-corrected chi connectivity index (χ2v) is 7.99. The Bertz CT molecular complexity index is 1460. The number of rotatable bonds is 5. The number of H-pyrrole nitrogens is 1. The van der Waals surface area contributed by atoms with Crippen molar-refractivity contribution in [3.63, 3.8) is 0 Å². The van der Waals surface area contributed by atoms with Gasteiger partial charge in [-0.1, -0.05) is 23.3 Å². The van der Waals surface area contributed by atoms with Crippen LogP contribution in [0.3, 0.4) is 0 Å². The molecule has 0 fully saturated rings. The van der Waals surface area contributed by atoms with E-state index in [9.17, 15) is 4.79 Å². The highest BCUT2D eigenvalue weighted by Crippen LogP contribution is 2.18. The van der Waals surface area contributed by atoms with E-state index in [0.717, 1.165) is 44.3 Å². The lowest BCUT2D eigenvalue weighted by Gasteiger charge is -2.06. The van der Waals surface area contributed by atoms with Crippen molar-refractivity contribution in [2.75, 3.05) is 0 Å². The fourth-order valence-corrected chi connectivity index (χ4v) is 3.77. The number of hydrogen-bond donors (Lipinski definition) is 2. The van der Waals surface area contributed by atoms with Gasteiger partial charge >= 0.3 is 0 Å². The van der Waals surface area contributed by atoms with Crippen molar-refractivity contribution in [2.24, 2.45) is 0 Å². The molecule has 0 saturated carbocycles. The van der Waals surface area contributed by atoms with Gasteiger partial charge in [-0.3, -0.25) is 14.9 Å². The first-order valence-corrected chi connectivity index (χ1v) is 10.4. The van der Waals surface area contributed by atoms with Crippen molar-refractivity contribution in [3.05, 3.63) is 94.8 Å². The van der Waals surface area contributed by atoms with E-state index in [1.807, 2.05) is 37.4 Å². The van der Waals surface area contributed by atoms with Crippen LogP contribution in [0.25, 0.3) is 21.8 Å². The average Bonchev–Trinajstić information content (AvgIpc) is 3.19. The zero-order valence-electron chi connectivity index (χ0n) is 17.9. The summed E-state index contributed by atoms with van der Waals surface area (Å²) in [6.07, 6.45) is 4.04. The van der Waals surface area contributed by atoms with Crippen molar-refractivity contribution in [1.29, 1.82) is 0 Å². The number of aromatic amines is 1. The lowest BCUT2D eigenvalue weighted by molar-refractivity contribution is 0.0940. The van der Waals surface area contributed by atoms with Gasteiger partial charge in [-0.15, -0.1) is 0 Å². The van der Waals surface area contributed by atoms with Crippen LogP contribution < -0.4 is 5.32 Å². The van der Waals surface area contributed by atoms with E-state index in [4.69, 9.17) is 0 Å². The minimum absolute atomic E-state index is 0.145. The first-order valence-electron chi connectivity index (χ1n) is 10.4. The highest BCUT2D eigenvalue weighted by molar-refractivity contribution is 5.91. The second kappa shape index (κ2) is 8.19. The van der Waals surface area contributed by atoms with Crippen LogP contribution in [0.4, 0.5) is 0 Å². The maximum Gasteiger partial charge on any atom is 0.289 e. The van der Waals surface area contributed by atoms with Crippen LogP contribution in [0.1, 0.15) is 38.7 Å². The molecule has 2 N–H and O–H groups in total. The molecule has 0 saturated heterocycles. The highest BCUT2D eigenvalue weighted by atomic mass is 16.2. The van der Waals surface area contributed by atoms with Gasteiger partial charge < -0.3 is 5.32 Å². The van der Waals surface area contributed by atoms with Crippen molar-refractivity contribution in [1.82, 2.24) is 30.5 Å². The van der Waals surface area contributed by atoms with Gasteiger partial charge in [0, 0.05) is 35.3 Å². The summed E-state index contributed by atoms with van der Waals surface area (Å²) in [6.45, 7) is 4.41. The third-order valence-electron chi connectivity index (χ3n) is 5.41. The molecule has 7 nitrogen and oxygen atoms in total. The minimum atomic E-state index is -0.325. The number of benzene rings is 2. The van der Waals surface area contributed by atoms with Crippen LogP contribution >= 0.6 is 0 Å². The standard InChI is InChI=1S/C25H22N6O/c1-15-3-5-21-18(9-15)11-17(13-27-21)12-19-7-8-26-24(29-19)25(32)28-14-23-20-10-16(2)4-6-22(20)30-31-23/h3-11,13H,12,14H2,1-2H3,(H,28,32)(H,30,31). The number of carbonyl (C=O) groups is 1. The number of fused-ring (bicyclic) bond motifs is 2. The summed E-state index contributed by atoms with van der Waals surface area (Å²) in [7, 11) is 0. The molecule has 0 unspecified atom stereocenters. The average molecular weight is 422 g/mol. The van der Waals surface area contributed by atoms with Crippen LogP contribution in [-0.2, 0) is 13.0 Å². The first-order chi connectivity index (χ1) is 15.5. The first kappa shape index (κ1) is 19.8. The monoisotopic (exact) mass is 422 g/mol. The molecule has 0 aliphatic carbocycles. The molecule has 0 aliphatic rings. The molecule has 0 spiro atoms. The molecule has 3 aromatic heterocycles. The molecular formula is C25H22N6O. The molecule has 1 amide bonds. The topological polar surface area (TPSA) is 96.5 Å². The van der Waals surface area contributed by atoms with Crippen molar-refractivity contribution >= 4 is 27.7 Å². The van der Waals surface area contributed by atoms with Gasteiger partial charge in [0.15, 0.2) is 0 Å². The Hall–Kier alpha value is -4.13. The quantitative estimate of drug-likeness (QED) is 0.446. The number of aromatic nitrogens is 5. The van der Waals surface area contributed by atoms with Crippen molar-refractivity contribution < 1.29 is 4.79 Å². The number of aryl methyl sites for hydroxylation is 2. The zero-order valence-corrected chi connectivity index (χ0v) is 17.9. The number of nitrogens with one attached hydrogen (secondary N) is 2. The maximum absolute atomic E-state index is 12.7. The third-order valence-corrected chi connectivity index (χ3v) is 5.41. The van der Waals surface area contributed by atoms with Gasteiger partial charge in [0.25, 0.3) is 5.91 Å². The van der Waals surface area contributed by atoms with Gasteiger partial charge in [-0.25, -0.2) is 9.97 Å². The largest absolute Gasteiger partial charge is 0.344 e. The Morgan fingerprint density at radius 2 is 1.78 bits per heavy atom. The van der Waals surface area contributed by atoms with E-state index in [-0.39, 0.29) is 11.7 Å². The van der Waals surface area contributed by atoms with E-state index in [1.54, 1.807) is 6.20 Å². The SMILES string of the molecule is Cc1ccc2ncc(Cc3ccnc(C(=O)NCc4[nH]nc5ccc(C)cc45)n3)cc2c1. The molecule has 0 bridgehead atoms. The predicted molar refractivity (Wildman–Crippen MR) is 123 cm³/mol. The predicted octanol–water partition coefficient (Wildman–Crippen LogP) is 4.04. The Kier molecular flexibility index (Phi) is 5.07. The van der Waals surface area contributed by atoms with Crippen molar-refractivity contribution in [2.45, 2.75) is 26.8 Å². The van der Waals surface area contributed by atoms with Crippen LogP contribution in [-0.4, -0.2) is 31.1 Å². The molecule has 5 rings (SSSR count). The minimum Gasteiger partial charge on any atom is -0.344 e. The van der Waals surface area contributed by atoms with Crippen LogP contribution in [0.5, 0.6) is 0 Å². The van der Waals surface area contributed by atoms with Crippen molar-refractivity contribution in [3.8, 4) is 0 Å². The van der Waals surface area contributed by atoms with E-state index < -0.39 is 0 Å². The molecule has 0 atom stereocenters. The molecule has 2 aromatic carbocycles. The number of nitrogens with zero attached hydrogens (tertiary/aromatic N) is 4. The number of carbonyl (C=O) groups excluding carboxylic acids is 1. The third kappa shape index (κ3) is 4.05. The Labute approximate surface area is 185 Å². The second-order valence-electron chi connectivity index (χ2n) is 7.99. The summed E-state index contributed by atoms with van der Waals surface area (Å²) in [5, 5.41) is 12.3. The van der Waals surface area contributed by atoms with Gasteiger partial charge in [0.2, 0.25) is 5.82 Å². The fraction of sp³-hybridized carbons (Fsp3) is 0.160. The number of pyridine rings is 1. The zero-order chi connectivity index (χ0) is 22.1. The van der Waals surface area contributed by atoms with Gasteiger partial charge in [-0.2, -0.15) is 5.10 Å². The normalized spacial score (nSPS) is 11.2. The summed E-state index contributed by atoms with van der Waals surface area (Å²) < 4.78 is 0. The van der Waals surface area contributed by atoms with E-state index >= 15 is 0 Å². The van der Waals surface area contributed by atoms with E-state index in [0.29, 0.717) is 13.0 Å². The smallest absolute Gasteiger partial charge is 0.289 e. The number of hydrogen-bond acceptors (Lipinski definition) is 5. The maximum atomic E-state index is 12.7. The molecule has 0 aliphatic heterocycles. The molecule has 32 heavy (non-hydrogen) atoms. The molecule has 5 aromatic rings.